The van der Waals surface area contributed by atoms with E-state index in [0.29, 0.717) is 0 Å². The average Bonchev–Trinajstić information content (AvgIpc) is 2.15. The van der Waals surface area contributed by atoms with E-state index < -0.39 is 35.7 Å². The zero-order valence-electron chi connectivity index (χ0n) is 9.63. The van der Waals surface area contributed by atoms with E-state index in [2.05, 4.69) is 5.32 Å². The Morgan fingerprint density at radius 3 is 2.29 bits per heavy atom. The molecule has 1 unspecified atom stereocenters. The number of amides is 2. The molecule has 0 aliphatic rings. The summed E-state index contributed by atoms with van der Waals surface area (Å²) >= 11 is 0.848. The number of carboxylic acid groups (broad SMARTS) is 1. The summed E-state index contributed by atoms with van der Waals surface area (Å²) in [5, 5.41) is 20.6. The van der Waals surface area contributed by atoms with Crippen molar-refractivity contribution in [3.05, 3.63) is 0 Å². The molecule has 0 saturated heterocycles. The summed E-state index contributed by atoms with van der Waals surface area (Å²) < 4.78 is 0. The summed E-state index contributed by atoms with van der Waals surface area (Å²) in [5.74, 6) is -2.82. The number of aliphatic carboxylic acids is 1. The van der Waals surface area contributed by atoms with Crippen molar-refractivity contribution in [2.45, 2.75) is 18.2 Å². The maximum atomic E-state index is 10.7. The van der Waals surface area contributed by atoms with Crippen molar-refractivity contribution in [3.8, 4) is 0 Å². The van der Waals surface area contributed by atoms with Gasteiger partial charge in [-0.1, -0.05) is 0 Å². The van der Waals surface area contributed by atoms with Gasteiger partial charge in [-0.25, -0.2) is 0 Å². The number of carboxylic acids is 1. The Bertz CT molecular complexity index is 289. The van der Waals surface area contributed by atoms with E-state index in [0.717, 1.165) is 18.7 Å². The molecule has 0 bridgehead atoms. The van der Waals surface area contributed by atoms with Crippen molar-refractivity contribution in [2.75, 3.05) is 12.4 Å². The third-order valence-electron chi connectivity index (χ3n) is 1.61. The minimum Gasteiger partial charge on any atom is -0.548 e. The van der Waals surface area contributed by atoms with Crippen LogP contribution in [0.15, 0.2) is 0 Å². The van der Waals surface area contributed by atoms with Crippen LogP contribution in [0.25, 0.3) is 0 Å². The van der Waals surface area contributed by atoms with Crippen LogP contribution in [-0.2, 0) is 14.4 Å². The van der Waals surface area contributed by atoms with Crippen LogP contribution in [0.4, 0.5) is 0 Å². The molecule has 0 aromatic rings. The van der Waals surface area contributed by atoms with Gasteiger partial charge in [-0.05, 0) is 0 Å². The van der Waals surface area contributed by atoms with Gasteiger partial charge in [0.25, 0.3) is 0 Å². The van der Waals surface area contributed by atoms with Gasteiger partial charge in [0.1, 0.15) is 5.25 Å². The number of aliphatic hydroxyl groups excluding tert-OH is 1. The van der Waals surface area contributed by atoms with E-state index in [1.807, 2.05) is 0 Å². The quantitative estimate of drug-likeness (QED) is 0.395. The number of carbonyl (C=O) groups excluding carboxylic acids is 3. The smallest absolute Gasteiger partial charge is 0.548 e. The van der Waals surface area contributed by atoms with Crippen LogP contribution in [-0.4, -0.2) is 46.5 Å². The van der Waals surface area contributed by atoms with E-state index in [9.17, 15) is 19.5 Å². The molecule has 0 aromatic carbocycles. The van der Waals surface area contributed by atoms with Gasteiger partial charge >= 0.3 is 29.6 Å². The standard InChI is InChI=1S/C8H14N2O5S.Na/c1-4(12)10-5(8(14)15)3-16-6(2-11)7(9)13;/h5-6,11H,2-3H2,1H3,(H2,9,13)(H,10,12)(H,14,15);/q;+1/p-1/t5-,6?;/m0./s1. The Morgan fingerprint density at radius 1 is 1.47 bits per heavy atom. The minimum atomic E-state index is -1.45. The number of hydrogen-bond acceptors (Lipinski definition) is 6. The van der Waals surface area contributed by atoms with Gasteiger partial charge in [0.2, 0.25) is 11.8 Å². The van der Waals surface area contributed by atoms with Gasteiger partial charge < -0.3 is 26.1 Å². The number of hydrogen-bond donors (Lipinski definition) is 3. The molecule has 0 saturated carbocycles. The van der Waals surface area contributed by atoms with Crippen LogP contribution in [0.3, 0.4) is 0 Å². The normalized spacial score (nSPS) is 13.1. The minimum absolute atomic E-state index is 0. The first-order valence-corrected chi connectivity index (χ1v) is 5.43. The average molecular weight is 272 g/mol. The second kappa shape index (κ2) is 9.72. The molecule has 0 aliphatic heterocycles. The third kappa shape index (κ3) is 8.44. The molecule has 0 rings (SSSR count). The van der Waals surface area contributed by atoms with Gasteiger partial charge in [0.15, 0.2) is 0 Å². The molecule has 0 spiro atoms. The van der Waals surface area contributed by atoms with Gasteiger partial charge in [-0.3, -0.25) is 9.59 Å². The first-order valence-electron chi connectivity index (χ1n) is 4.38. The van der Waals surface area contributed by atoms with Crippen molar-refractivity contribution < 1.29 is 54.2 Å². The topological polar surface area (TPSA) is 133 Å². The molecule has 7 nitrogen and oxygen atoms in total. The first kappa shape index (κ1) is 19.1. The predicted molar refractivity (Wildman–Crippen MR) is 55.1 cm³/mol. The predicted octanol–water partition coefficient (Wildman–Crippen LogP) is -6.18. The van der Waals surface area contributed by atoms with Crippen molar-refractivity contribution in [2.24, 2.45) is 5.73 Å². The number of rotatable bonds is 7. The van der Waals surface area contributed by atoms with Gasteiger partial charge in [0, 0.05) is 12.7 Å². The molecular weight excluding hydrogens is 259 g/mol. The molecule has 2 amide bonds. The van der Waals surface area contributed by atoms with Crippen molar-refractivity contribution in [3.63, 3.8) is 0 Å². The molecule has 0 aromatic heterocycles. The molecule has 92 valence electrons. The number of thioether (sulfide) groups is 1. The number of carbonyl (C=O) groups is 3. The van der Waals surface area contributed by atoms with E-state index in [1.54, 1.807) is 0 Å². The Morgan fingerprint density at radius 2 is 2.00 bits per heavy atom. The fourth-order valence-electron chi connectivity index (χ4n) is 0.851. The van der Waals surface area contributed by atoms with Crippen LogP contribution >= 0.6 is 11.8 Å². The van der Waals surface area contributed by atoms with Crippen LogP contribution in [0.1, 0.15) is 6.92 Å². The van der Waals surface area contributed by atoms with Crippen LogP contribution in [0.5, 0.6) is 0 Å². The molecule has 17 heavy (non-hydrogen) atoms. The van der Waals surface area contributed by atoms with E-state index in [1.165, 1.54) is 0 Å². The number of nitrogens with one attached hydrogen (secondary N) is 1. The van der Waals surface area contributed by atoms with Gasteiger partial charge in [0.05, 0.1) is 18.6 Å². The SMILES string of the molecule is CC(=O)N[C@@H](CSC(CO)C(N)=O)C(=O)[O-].[Na+]. The van der Waals surface area contributed by atoms with Gasteiger partial charge in [-0.15, -0.1) is 11.8 Å². The fourth-order valence-corrected chi connectivity index (χ4v) is 1.77. The number of aliphatic hydroxyl groups is 1. The summed E-state index contributed by atoms with van der Waals surface area (Å²) in [4.78, 5) is 32.0. The van der Waals surface area contributed by atoms with E-state index >= 15 is 0 Å². The Labute approximate surface area is 125 Å². The number of primary amides is 1. The molecule has 0 radical (unpaired) electrons. The molecule has 2 atom stereocenters. The maximum Gasteiger partial charge on any atom is 1.00 e. The van der Waals surface area contributed by atoms with Crippen molar-refractivity contribution >= 4 is 29.5 Å². The second-order valence-electron chi connectivity index (χ2n) is 2.98. The van der Waals surface area contributed by atoms with Crippen molar-refractivity contribution in [1.29, 1.82) is 0 Å². The molecule has 4 N–H and O–H groups in total. The van der Waals surface area contributed by atoms with Gasteiger partial charge in [-0.2, -0.15) is 0 Å². The van der Waals surface area contributed by atoms with E-state index in [4.69, 9.17) is 10.8 Å². The molecule has 0 fully saturated rings. The number of nitrogens with two attached hydrogens (primary N) is 1. The third-order valence-corrected chi connectivity index (χ3v) is 2.92. The molecule has 0 heterocycles. The first-order chi connectivity index (χ1) is 7.38. The summed E-state index contributed by atoms with van der Waals surface area (Å²) in [6, 6.07) is -1.21. The van der Waals surface area contributed by atoms with Crippen LogP contribution in [0, 0.1) is 0 Å². The molecule has 9 heteroatoms. The molecule has 0 aliphatic carbocycles. The monoisotopic (exact) mass is 272 g/mol. The van der Waals surface area contributed by atoms with Crippen LogP contribution in [0.2, 0.25) is 0 Å². The summed E-state index contributed by atoms with van der Waals surface area (Å²) in [7, 11) is 0. The zero-order valence-corrected chi connectivity index (χ0v) is 12.5. The Kier molecular flexibility index (Phi) is 10.9. The molecular formula is C8H13N2NaO5S. The summed E-state index contributed by atoms with van der Waals surface area (Å²) in [6.45, 7) is 0.679. The second-order valence-corrected chi connectivity index (χ2v) is 4.21. The Hall–Kier alpha value is -0.280. The zero-order chi connectivity index (χ0) is 12.7. The largest absolute Gasteiger partial charge is 1.00 e. The summed E-state index contributed by atoms with van der Waals surface area (Å²) in [5.41, 5.74) is 4.94. The maximum absolute atomic E-state index is 10.7. The van der Waals surface area contributed by atoms with E-state index in [-0.39, 0.29) is 35.3 Å². The fraction of sp³-hybridized carbons (Fsp3) is 0.625. The Balaban J connectivity index is 0. The summed E-state index contributed by atoms with van der Waals surface area (Å²) in [6.07, 6.45) is 0. The van der Waals surface area contributed by atoms with Crippen molar-refractivity contribution in [1.82, 2.24) is 5.32 Å². The van der Waals surface area contributed by atoms with Crippen LogP contribution < -0.4 is 45.7 Å².